The summed E-state index contributed by atoms with van der Waals surface area (Å²) in [4.78, 5) is 17.4. The lowest BCUT2D eigenvalue weighted by molar-refractivity contribution is 0.102. The molecule has 138 valence electrons. The second kappa shape index (κ2) is 8.61. The number of piperazine rings is 1. The molecule has 0 saturated carbocycles. The van der Waals surface area contributed by atoms with Crippen molar-refractivity contribution in [1.29, 1.82) is 0 Å². The summed E-state index contributed by atoms with van der Waals surface area (Å²) < 4.78 is 0.800. The van der Waals surface area contributed by atoms with Crippen molar-refractivity contribution < 1.29 is 4.79 Å². The molecule has 0 aromatic heterocycles. The SMILES string of the molecule is CCN1CCN(c2ccc(Cl)cc2NC(=O)c2cc(Br)ccc2Cl)CC1. The van der Waals surface area contributed by atoms with Crippen molar-refractivity contribution >= 4 is 56.4 Å². The van der Waals surface area contributed by atoms with Gasteiger partial charge >= 0.3 is 0 Å². The van der Waals surface area contributed by atoms with Crippen molar-refractivity contribution in [2.75, 3.05) is 42.9 Å². The molecule has 26 heavy (non-hydrogen) atoms. The Morgan fingerprint density at radius 3 is 2.54 bits per heavy atom. The van der Waals surface area contributed by atoms with Crippen molar-refractivity contribution in [3.63, 3.8) is 0 Å². The third-order valence-electron chi connectivity index (χ3n) is 4.54. The minimum atomic E-state index is -0.257. The molecule has 1 amide bonds. The molecule has 2 aromatic rings. The Hall–Kier alpha value is -1.27. The van der Waals surface area contributed by atoms with Gasteiger partial charge < -0.3 is 15.1 Å². The molecule has 0 radical (unpaired) electrons. The van der Waals surface area contributed by atoms with E-state index in [1.807, 2.05) is 12.1 Å². The number of benzene rings is 2. The standard InChI is InChI=1S/C19H20BrCl2N3O/c1-2-24-7-9-25(10-8-24)18-6-4-14(21)12-17(18)23-19(26)15-11-13(20)3-5-16(15)22/h3-6,11-12H,2,7-10H2,1H3,(H,23,26). The van der Waals surface area contributed by atoms with Crippen LogP contribution in [0.5, 0.6) is 0 Å². The van der Waals surface area contributed by atoms with Crippen LogP contribution in [0.1, 0.15) is 17.3 Å². The molecule has 1 N–H and O–H groups in total. The molecule has 1 heterocycles. The Balaban J connectivity index is 1.84. The molecule has 1 aliphatic heterocycles. The summed E-state index contributed by atoms with van der Waals surface area (Å²) in [5.41, 5.74) is 2.09. The Morgan fingerprint density at radius 1 is 1.12 bits per heavy atom. The summed E-state index contributed by atoms with van der Waals surface area (Å²) in [5, 5.41) is 3.96. The second-order valence-electron chi connectivity index (χ2n) is 6.16. The molecule has 0 bridgehead atoms. The minimum Gasteiger partial charge on any atom is -0.367 e. The van der Waals surface area contributed by atoms with Crippen molar-refractivity contribution in [1.82, 2.24) is 4.90 Å². The number of hydrogen-bond donors (Lipinski definition) is 1. The molecule has 0 spiro atoms. The van der Waals surface area contributed by atoms with E-state index in [0.29, 0.717) is 21.3 Å². The zero-order valence-electron chi connectivity index (χ0n) is 14.4. The monoisotopic (exact) mass is 455 g/mol. The van der Waals surface area contributed by atoms with E-state index in [1.54, 1.807) is 24.3 Å². The number of halogens is 3. The third kappa shape index (κ3) is 4.52. The van der Waals surface area contributed by atoms with Crippen LogP contribution in [0.25, 0.3) is 0 Å². The topological polar surface area (TPSA) is 35.6 Å². The molecule has 4 nitrogen and oxygen atoms in total. The van der Waals surface area contributed by atoms with Crippen LogP contribution >= 0.6 is 39.1 Å². The number of anilines is 2. The van der Waals surface area contributed by atoms with Crippen LogP contribution in [0, 0.1) is 0 Å². The van der Waals surface area contributed by atoms with Gasteiger partial charge in [-0.05, 0) is 42.9 Å². The zero-order chi connectivity index (χ0) is 18.7. The maximum atomic E-state index is 12.7. The van der Waals surface area contributed by atoms with E-state index >= 15 is 0 Å². The molecule has 3 rings (SSSR count). The highest BCUT2D eigenvalue weighted by Crippen LogP contribution is 2.31. The number of nitrogens with zero attached hydrogens (tertiary/aromatic N) is 2. The maximum Gasteiger partial charge on any atom is 0.257 e. The lowest BCUT2D eigenvalue weighted by Gasteiger charge is -2.36. The van der Waals surface area contributed by atoms with E-state index in [-0.39, 0.29) is 5.91 Å². The van der Waals surface area contributed by atoms with Gasteiger partial charge in [-0.1, -0.05) is 46.1 Å². The first-order valence-corrected chi connectivity index (χ1v) is 10.1. The number of likely N-dealkylation sites (N-methyl/N-ethyl adjacent to an activating group) is 1. The van der Waals surface area contributed by atoms with Crippen LogP contribution in [0.4, 0.5) is 11.4 Å². The van der Waals surface area contributed by atoms with Gasteiger partial charge in [0.2, 0.25) is 0 Å². The summed E-state index contributed by atoms with van der Waals surface area (Å²) >= 11 is 15.7. The van der Waals surface area contributed by atoms with Gasteiger partial charge in [0.05, 0.1) is 22.0 Å². The lowest BCUT2D eigenvalue weighted by atomic mass is 10.1. The fourth-order valence-corrected chi connectivity index (χ4v) is 3.79. The fraction of sp³-hybridized carbons (Fsp3) is 0.316. The van der Waals surface area contributed by atoms with E-state index in [0.717, 1.165) is 42.9 Å². The van der Waals surface area contributed by atoms with Crippen molar-refractivity contribution in [2.45, 2.75) is 6.92 Å². The number of hydrogen-bond acceptors (Lipinski definition) is 3. The van der Waals surface area contributed by atoms with Gasteiger partial charge in [0.15, 0.2) is 0 Å². The van der Waals surface area contributed by atoms with Gasteiger partial charge in [0, 0.05) is 35.7 Å². The van der Waals surface area contributed by atoms with Gasteiger partial charge in [0.25, 0.3) is 5.91 Å². The van der Waals surface area contributed by atoms with Crippen molar-refractivity contribution in [3.05, 3.63) is 56.5 Å². The van der Waals surface area contributed by atoms with E-state index < -0.39 is 0 Å². The molecule has 0 aliphatic carbocycles. The van der Waals surface area contributed by atoms with E-state index in [2.05, 4.69) is 38.0 Å². The van der Waals surface area contributed by atoms with Gasteiger partial charge in [-0.3, -0.25) is 4.79 Å². The van der Waals surface area contributed by atoms with Crippen LogP contribution in [0.2, 0.25) is 10.0 Å². The normalized spacial score (nSPS) is 15.2. The van der Waals surface area contributed by atoms with Crippen molar-refractivity contribution in [3.8, 4) is 0 Å². The largest absolute Gasteiger partial charge is 0.367 e. The molecule has 0 atom stereocenters. The number of nitrogens with one attached hydrogen (secondary N) is 1. The van der Waals surface area contributed by atoms with E-state index in [1.165, 1.54) is 0 Å². The predicted octanol–water partition coefficient (Wildman–Crippen LogP) is 5.15. The Bertz CT molecular complexity index is 807. The van der Waals surface area contributed by atoms with Crippen LogP contribution < -0.4 is 10.2 Å². The van der Waals surface area contributed by atoms with Gasteiger partial charge in [-0.2, -0.15) is 0 Å². The first-order valence-electron chi connectivity index (χ1n) is 8.51. The van der Waals surface area contributed by atoms with Crippen LogP contribution in [-0.2, 0) is 0 Å². The summed E-state index contributed by atoms with van der Waals surface area (Å²) in [6.07, 6.45) is 0. The van der Waals surface area contributed by atoms with Gasteiger partial charge in [0.1, 0.15) is 0 Å². The van der Waals surface area contributed by atoms with Crippen molar-refractivity contribution in [2.24, 2.45) is 0 Å². The highest BCUT2D eigenvalue weighted by molar-refractivity contribution is 9.10. The molecule has 1 fully saturated rings. The smallest absolute Gasteiger partial charge is 0.257 e. The third-order valence-corrected chi connectivity index (χ3v) is 5.60. The number of carbonyl (C=O) groups is 1. The Labute approximate surface area is 172 Å². The first kappa shape index (κ1) is 19.5. The average molecular weight is 457 g/mol. The summed E-state index contributed by atoms with van der Waals surface area (Å²) in [6.45, 7) is 7.06. The molecule has 1 saturated heterocycles. The lowest BCUT2D eigenvalue weighted by Crippen LogP contribution is -2.46. The van der Waals surface area contributed by atoms with E-state index in [9.17, 15) is 4.79 Å². The molecule has 1 aliphatic rings. The zero-order valence-corrected chi connectivity index (χ0v) is 17.5. The Morgan fingerprint density at radius 2 is 1.85 bits per heavy atom. The highest BCUT2D eigenvalue weighted by atomic mass is 79.9. The summed E-state index contributed by atoms with van der Waals surface area (Å²) in [6, 6.07) is 10.8. The summed E-state index contributed by atoms with van der Waals surface area (Å²) in [7, 11) is 0. The molecule has 2 aromatic carbocycles. The molecule has 0 unspecified atom stereocenters. The molecular weight excluding hydrogens is 437 g/mol. The highest BCUT2D eigenvalue weighted by Gasteiger charge is 2.20. The molecule has 7 heteroatoms. The second-order valence-corrected chi connectivity index (χ2v) is 7.92. The van der Waals surface area contributed by atoms with Crippen LogP contribution in [0.3, 0.4) is 0 Å². The van der Waals surface area contributed by atoms with Crippen LogP contribution in [0.15, 0.2) is 40.9 Å². The van der Waals surface area contributed by atoms with Gasteiger partial charge in [-0.15, -0.1) is 0 Å². The van der Waals surface area contributed by atoms with Gasteiger partial charge in [-0.25, -0.2) is 0 Å². The summed E-state index contributed by atoms with van der Waals surface area (Å²) in [5.74, 6) is -0.257. The Kier molecular flexibility index (Phi) is 6.46. The number of carbonyl (C=O) groups excluding carboxylic acids is 1. The number of rotatable bonds is 4. The first-order chi connectivity index (χ1) is 12.5. The quantitative estimate of drug-likeness (QED) is 0.690. The van der Waals surface area contributed by atoms with Crippen LogP contribution in [-0.4, -0.2) is 43.5 Å². The maximum absolute atomic E-state index is 12.7. The minimum absolute atomic E-state index is 0.257. The average Bonchev–Trinajstić information content (AvgIpc) is 2.64. The fourth-order valence-electron chi connectivity index (χ4n) is 3.05. The predicted molar refractivity (Wildman–Crippen MR) is 113 cm³/mol. The number of amides is 1. The molecular formula is C19H20BrCl2N3O. The van der Waals surface area contributed by atoms with E-state index in [4.69, 9.17) is 23.2 Å².